The zero-order chi connectivity index (χ0) is 18.2. The van der Waals surface area contributed by atoms with Crippen molar-refractivity contribution in [2.45, 2.75) is 26.2 Å². The van der Waals surface area contributed by atoms with Gasteiger partial charge in [-0.3, -0.25) is 4.79 Å². The lowest BCUT2D eigenvalue weighted by Gasteiger charge is -2.32. The molecule has 0 unspecified atom stereocenters. The van der Waals surface area contributed by atoms with Crippen molar-refractivity contribution < 1.29 is 14.3 Å². The van der Waals surface area contributed by atoms with E-state index in [1.54, 1.807) is 26.4 Å². The molecule has 0 radical (unpaired) electrons. The molecule has 26 heavy (non-hydrogen) atoms. The van der Waals surface area contributed by atoms with Gasteiger partial charge in [0.1, 0.15) is 0 Å². The van der Waals surface area contributed by atoms with E-state index in [1.807, 2.05) is 11.0 Å². The number of rotatable bonds is 8. The Hall–Kier alpha value is -1.72. The molecule has 1 amide bonds. The number of methoxy groups -OCH3 is 2. The van der Waals surface area contributed by atoms with Crippen LogP contribution in [0.5, 0.6) is 11.5 Å². The third-order valence-corrected chi connectivity index (χ3v) is 4.75. The summed E-state index contributed by atoms with van der Waals surface area (Å²) in [6, 6.07) is 3.68. The zero-order valence-corrected chi connectivity index (χ0v) is 16.9. The summed E-state index contributed by atoms with van der Waals surface area (Å²) in [6.45, 7) is 9.56. The van der Waals surface area contributed by atoms with Crippen LogP contribution in [-0.4, -0.2) is 51.2 Å². The molecule has 1 aromatic rings. The van der Waals surface area contributed by atoms with Crippen LogP contribution in [0.1, 0.15) is 35.7 Å². The van der Waals surface area contributed by atoms with Crippen molar-refractivity contribution in [3.8, 4) is 11.5 Å². The number of nitrogens with one attached hydrogen (secondary N) is 1. The van der Waals surface area contributed by atoms with Crippen LogP contribution >= 0.6 is 12.4 Å². The maximum Gasteiger partial charge on any atom is 0.254 e. The van der Waals surface area contributed by atoms with Crippen LogP contribution in [0, 0.1) is 5.92 Å². The van der Waals surface area contributed by atoms with Gasteiger partial charge >= 0.3 is 0 Å². The highest BCUT2D eigenvalue weighted by Gasteiger charge is 2.25. The number of nitrogens with zero attached hydrogens (tertiary/aromatic N) is 1. The van der Waals surface area contributed by atoms with Gasteiger partial charge in [0.25, 0.3) is 5.91 Å². The molecule has 0 atom stereocenters. The molecule has 1 aliphatic heterocycles. The Balaban J connectivity index is 0.00000338. The summed E-state index contributed by atoms with van der Waals surface area (Å²) < 4.78 is 10.9. The van der Waals surface area contributed by atoms with Crippen LogP contribution in [0.15, 0.2) is 24.8 Å². The molecule has 0 bridgehead atoms. The van der Waals surface area contributed by atoms with E-state index >= 15 is 0 Å². The van der Waals surface area contributed by atoms with E-state index in [4.69, 9.17) is 9.47 Å². The highest BCUT2D eigenvalue weighted by Crippen LogP contribution is 2.34. The van der Waals surface area contributed by atoms with Gasteiger partial charge in [-0.05, 0) is 50.4 Å². The van der Waals surface area contributed by atoms with Gasteiger partial charge in [-0.25, -0.2) is 0 Å². The second-order valence-electron chi connectivity index (χ2n) is 6.41. The highest BCUT2D eigenvalue weighted by atomic mass is 35.5. The maximum atomic E-state index is 12.9. The van der Waals surface area contributed by atoms with Gasteiger partial charge in [-0.1, -0.05) is 13.0 Å². The summed E-state index contributed by atoms with van der Waals surface area (Å²) >= 11 is 0. The lowest BCUT2D eigenvalue weighted by atomic mass is 9.96. The number of hydrogen-bond donors (Lipinski definition) is 1. The Morgan fingerprint density at radius 2 is 2.00 bits per heavy atom. The fourth-order valence-electron chi connectivity index (χ4n) is 3.35. The van der Waals surface area contributed by atoms with Crippen LogP contribution in [-0.2, 0) is 6.42 Å². The van der Waals surface area contributed by atoms with Crippen molar-refractivity contribution in [2.24, 2.45) is 5.92 Å². The first-order chi connectivity index (χ1) is 12.1. The Kier molecular flexibility index (Phi) is 9.52. The smallest absolute Gasteiger partial charge is 0.254 e. The third-order valence-electron chi connectivity index (χ3n) is 4.75. The Morgan fingerprint density at radius 1 is 1.31 bits per heavy atom. The van der Waals surface area contributed by atoms with Crippen LogP contribution in [0.25, 0.3) is 0 Å². The van der Waals surface area contributed by atoms with E-state index in [0.717, 1.165) is 44.6 Å². The SMILES string of the molecule is C=CCc1cc(C(=O)N2CCC(CNCC)CC2)cc(OC)c1OC.Cl. The summed E-state index contributed by atoms with van der Waals surface area (Å²) in [5, 5.41) is 3.40. The molecule has 1 heterocycles. The summed E-state index contributed by atoms with van der Waals surface area (Å²) in [4.78, 5) is 14.9. The van der Waals surface area contributed by atoms with Gasteiger partial charge in [0.2, 0.25) is 0 Å². The minimum Gasteiger partial charge on any atom is -0.493 e. The predicted octanol–water partition coefficient (Wildman–Crippen LogP) is 3.32. The first-order valence-electron chi connectivity index (χ1n) is 9.00. The summed E-state index contributed by atoms with van der Waals surface area (Å²) in [5.41, 5.74) is 1.57. The normalized spacial score (nSPS) is 14.5. The number of hydrogen-bond acceptors (Lipinski definition) is 4. The number of allylic oxidation sites excluding steroid dienone is 1. The van der Waals surface area contributed by atoms with Crippen LogP contribution in [0.4, 0.5) is 0 Å². The molecule has 1 aromatic carbocycles. The van der Waals surface area contributed by atoms with Crippen molar-refractivity contribution in [2.75, 3.05) is 40.4 Å². The number of likely N-dealkylation sites (tertiary alicyclic amines) is 1. The predicted molar refractivity (Wildman–Crippen MR) is 108 cm³/mol. The highest BCUT2D eigenvalue weighted by molar-refractivity contribution is 5.95. The third kappa shape index (κ3) is 5.39. The average Bonchev–Trinajstić information content (AvgIpc) is 2.65. The average molecular weight is 383 g/mol. The lowest BCUT2D eigenvalue weighted by Crippen LogP contribution is -2.40. The molecule has 6 heteroatoms. The number of piperidine rings is 1. The summed E-state index contributed by atoms with van der Waals surface area (Å²) in [7, 11) is 3.21. The fourth-order valence-corrected chi connectivity index (χ4v) is 3.35. The Labute approximate surface area is 163 Å². The van der Waals surface area contributed by atoms with Crippen LogP contribution < -0.4 is 14.8 Å². The second kappa shape index (κ2) is 11.1. The molecule has 2 rings (SSSR count). The van der Waals surface area contributed by atoms with E-state index in [2.05, 4.69) is 18.8 Å². The van der Waals surface area contributed by atoms with Crippen molar-refractivity contribution in [1.29, 1.82) is 0 Å². The van der Waals surface area contributed by atoms with Gasteiger partial charge in [0, 0.05) is 24.2 Å². The first kappa shape index (κ1) is 22.3. The van der Waals surface area contributed by atoms with E-state index in [0.29, 0.717) is 29.4 Å². The molecule has 0 aromatic heterocycles. The second-order valence-corrected chi connectivity index (χ2v) is 6.41. The van der Waals surface area contributed by atoms with Crippen LogP contribution in [0.2, 0.25) is 0 Å². The standard InChI is InChI=1S/C20H30N2O3.ClH/c1-5-7-16-12-17(13-18(24-3)19(16)25-4)20(23)22-10-8-15(9-11-22)14-21-6-2;/h5,12-13,15,21H,1,6-11,14H2,2-4H3;1H. The molecule has 0 spiro atoms. The number of amides is 1. The van der Waals surface area contributed by atoms with Crippen molar-refractivity contribution in [3.05, 3.63) is 35.9 Å². The van der Waals surface area contributed by atoms with Gasteiger partial charge in [0.05, 0.1) is 14.2 Å². The van der Waals surface area contributed by atoms with Gasteiger partial charge in [0.15, 0.2) is 11.5 Å². The van der Waals surface area contributed by atoms with Crippen molar-refractivity contribution in [1.82, 2.24) is 10.2 Å². The van der Waals surface area contributed by atoms with Crippen LogP contribution in [0.3, 0.4) is 0 Å². The monoisotopic (exact) mass is 382 g/mol. The van der Waals surface area contributed by atoms with Gasteiger partial charge in [-0.15, -0.1) is 19.0 Å². The van der Waals surface area contributed by atoms with E-state index in [-0.39, 0.29) is 18.3 Å². The van der Waals surface area contributed by atoms with E-state index in [9.17, 15) is 4.79 Å². The molecular formula is C20H31ClN2O3. The van der Waals surface area contributed by atoms with Gasteiger partial charge < -0.3 is 19.7 Å². The number of benzene rings is 1. The van der Waals surface area contributed by atoms with E-state index in [1.165, 1.54) is 0 Å². The number of halogens is 1. The Morgan fingerprint density at radius 3 is 2.54 bits per heavy atom. The minimum atomic E-state index is 0. The summed E-state index contributed by atoms with van der Waals surface area (Å²) in [5.74, 6) is 1.98. The number of ether oxygens (including phenoxy) is 2. The summed E-state index contributed by atoms with van der Waals surface area (Å²) in [6.07, 6.45) is 4.53. The molecule has 5 nitrogen and oxygen atoms in total. The molecular weight excluding hydrogens is 352 g/mol. The number of carbonyl (C=O) groups is 1. The largest absolute Gasteiger partial charge is 0.493 e. The molecule has 0 saturated carbocycles. The molecule has 0 aliphatic carbocycles. The first-order valence-corrected chi connectivity index (χ1v) is 9.00. The van der Waals surface area contributed by atoms with Gasteiger partial charge in [-0.2, -0.15) is 0 Å². The minimum absolute atomic E-state index is 0. The van der Waals surface area contributed by atoms with Crippen molar-refractivity contribution >= 4 is 18.3 Å². The quantitative estimate of drug-likeness (QED) is 0.701. The topological polar surface area (TPSA) is 50.8 Å². The molecule has 1 aliphatic rings. The molecule has 1 fully saturated rings. The lowest BCUT2D eigenvalue weighted by molar-refractivity contribution is 0.0689. The van der Waals surface area contributed by atoms with Crippen molar-refractivity contribution in [3.63, 3.8) is 0 Å². The number of carbonyl (C=O) groups excluding carboxylic acids is 1. The molecule has 1 N–H and O–H groups in total. The molecule has 146 valence electrons. The fraction of sp³-hybridized carbons (Fsp3) is 0.550. The molecule has 1 saturated heterocycles. The Bertz CT molecular complexity index is 599. The van der Waals surface area contributed by atoms with E-state index < -0.39 is 0 Å². The maximum absolute atomic E-state index is 12.9. The zero-order valence-electron chi connectivity index (χ0n) is 16.0.